The molecular formula is C14H22N2S2. The molecule has 2 aliphatic rings. The Morgan fingerprint density at radius 3 is 2.83 bits per heavy atom. The molecule has 100 valence electrons. The monoisotopic (exact) mass is 282 g/mol. The van der Waals surface area contributed by atoms with E-state index in [-0.39, 0.29) is 0 Å². The zero-order valence-corrected chi connectivity index (χ0v) is 12.7. The fraction of sp³-hybridized carbons (Fsp3) is 0.786. The van der Waals surface area contributed by atoms with Crippen molar-refractivity contribution in [2.24, 2.45) is 0 Å². The van der Waals surface area contributed by atoms with Gasteiger partial charge in [-0.05, 0) is 38.0 Å². The maximum absolute atomic E-state index is 5.01. The second-order valence-corrected chi connectivity index (χ2v) is 7.70. The molecule has 1 aromatic rings. The summed E-state index contributed by atoms with van der Waals surface area (Å²) in [6.45, 7) is 4.25. The van der Waals surface area contributed by atoms with Crippen LogP contribution in [-0.2, 0) is 6.54 Å². The minimum atomic E-state index is 0.691. The fourth-order valence-corrected chi connectivity index (χ4v) is 5.17. The van der Waals surface area contributed by atoms with Gasteiger partial charge in [-0.3, -0.25) is 0 Å². The second kappa shape index (κ2) is 5.93. The van der Waals surface area contributed by atoms with Gasteiger partial charge in [0.15, 0.2) is 0 Å². The van der Waals surface area contributed by atoms with Crippen molar-refractivity contribution < 1.29 is 0 Å². The van der Waals surface area contributed by atoms with E-state index >= 15 is 0 Å². The van der Waals surface area contributed by atoms with Gasteiger partial charge in [-0.15, -0.1) is 11.3 Å². The lowest BCUT2D eigenvalue weighted by molar-refractivity contribution is 0.681. The van der Waals surface area contributed by atoms with E-state index in [0.29, 0.717) is 5.25 Å². The SMILES string of the molecule is CCNCc1sc(C2CCCCS2)nc1C1CC1. The summed E-state index contributed by atoms with van der Waals surface area (Å²) in [4.78, 5) is 6.52. The largest absolute Gasteiger partial charge is 0.312 e. The van der Waals surface area contributed by atoms with Gasteiger partial charge in [0.1, 0.15) is 5.01 Å². The summed E-state index contributed by atoms with van der Waals surface area (Å²) in [5.41, 5.74) is 1.43. The number of thiazole rings is 1. The van der Waals surface area contributed by atoms with Crippen molar-refractivity contribution >= 4 is 23.1 Å². The molecule has 1 aliphatic heterocycles. The topological polar surface area (TPSA) is 24.9 Å². The van der Waals surface area contributed by atoms with Gasteiger partial charge in [0, 0.05) is 17.3 Å². The molecule has 0 amide bonds. The Morgan fingerprint density at radius 1 is 1.28 bits per heavy atom. The Labute approximate surface area is 118 Å². The van der Waals surface area contributed by atoms with Crippen LogP contribution in [0.2, 0.25) is 0 Å². The first-order valence-corrected chi connectivity index (χ1v) is 9.06. The number of nitrogens with zero attached hydrogens (tertiary/aromatic N) is 1. The average Bonchev–Trinajstić information content (AvgIpc) is 3.18. The molecule has 2 heterocycles. The number of nitrogens with one attached hydrogen (secondary N) is 1. The van der Waals surface area contributed by atoms with Crippen LogP contribution < -0.4 is 5.32 Å². The summed E-state index contributed by atoms with van der Waals surface area (Å²) in [7, 11) is 0. The Morgan fingerprint density at radius 2 is 2.17 bits per heavy atom. The minimum absolute atomic E-state index is 0.691. The minimum Gasteiger partial charge on any atom is -0.312 e. The molecule has 1 atom stereocenters. The highest BCUT2D eigenvalue weighted by Gasteiger charge is 2.31. The number of hydrogen-bond donors (Lipinski definition) is 1. The summed E-state index contributed by atoms with van der Waals surface area (Å²) in [5, 5.41) is 5.57. The molecule has 1 saturated carbocycles. The lowest BCUT2D eigenvalue weighted by Crippen LogP contribution is -2.11. The van der Waals surface area contributed by atoms with Crippen LogP contribution in [0.5, 0.6) is 0 Å². The van der Waals surface area contributed by atoms with Gasteiger partial charge in [-0.2, -0.15) is 11.8 Å². The van der Waals surface area contributed by atoms with Crippen molar-refractivity contribution in [3.8, 4) is 0 Å². The Hall–Kier alpha value is -0.0600. The standard InChI is InChI=1S/C14H22N2S2/c1-2-15-9-12-13(10-6-7-10)16-14(18-12)11-5-3-4-8-17-11/h10-11,15H,2-9H2,1H3. The predicted octanol–water partition coefficient (Wildman–Crippen LogP) is 4.09. The highest BCUT2D eigenvalue weighted by atomic mass is 32.2. The Balaban J connectivity index is 1.77. The zero-order chi connectivity index (χ0) is 12.4. The van der Waals surface area contributed by atoms with Crippen molar-refractivity contribution in [1.82, 2.24) is 10.3 Å². The molecule has 0 spiro atoms. The highest BCUT2D eigenvalue weighted by Crippen LogP contribution is 2.46. The van der Waals surface area contributed by atoms with E-state index in [2.05, 4.69) is 24.0 Å². The van der Waals surface area contributed by atoms with Crippen molar-refractivity contribution in [3.63, 3.8) is 0 Å². The normalized spacial score (nSPS) is 24.4. The maximum atomic E-state index is 5.01. The molecule has 18 heavy (non-hydrogen) atoms. The van der Waals surface area contributed by atoms with E-state index in [9.17, 15) is 0 Å². The van der Waals surface area contributed by atoms with Crippen LogP contribution in [0.3, 0.4) is 0 Å². The van der Waals surface area contributed by atoms with E-state index in [4.69, 9.17) is 4.98 Å². The van der Waals surface area contributed by atoms with Gasteiger partial charge in [0.2, 0.25) is 0 Å². The van der Waals surface area contributed by atoms with Crippen LogP contribution in [0.15, 0.2) is 0 Å². The van der Waals surface area contributed by atoms with Crippen LogP contribution in [0.25, 0.3) is 0 Å². The van der Waals surface area contributed by atoms with Crippen molar-refractivity contribution in [3.05, 3.63) is 15.6 Å². The third-order valence-electron chi connectivity index (χ3n) is 3.70. The Bertz CT molecular complexity index is 392. The molecule has 1 aliphatic carbocycles. The lowest BCUT2D eigenvalue weighted by Gasteiger charge is -2.18. The molecule has 2 nitrogen and oxygen atoms in total. The van der Waals surface area contributed by atoms with Crippen molar-refractivity contribution in [2.75, 3.05) is 12.3 Å². The molecule has 0 aromatic carbocycles. The number of aromatic nitrogens is 1. The van der Waals surface area contributed by atoms with E-state index in [1.165, 1.54) is 53.4 Å². The first-order valence-electron chi connectivity index (χ1n) is 7.20. The van der Waals surface area contributed by atoms with E-state index in [1.54, 1.807) is 0 Å². The van der Waals surface area contributed by atoms with Crippen LogP contribution in [0.1, 0.15) is 65.8 Å². The summed E-state index contributed by atoms with van der Waals surface area (Å²) < 4.78 is 0. The second-order valence-electron chi connectivity index (χ2n) is 5.27. The van der Waals surface area contributed by atoms with Gasteiger partial charge in [-0.25, -0.2) is 4.98 Å². The summed E-state index contributed by atoms with van der Waals surface area (Å²) in [5.74, 6) is 2.11. The molecule has 0 bridgehead atoms. The third kappa shape index (κ3) is 2.91. The van der Waals surface area contributed by atoms with Gasteiger partial charge in [0.25, 0.3) is 0 Å². The fourth-order valence-electron chi connectivity index (χ4n) is 2.50. The number of thioether (sulfide) groups is 1. The average molecular weight is 282 g/mol. The molecule has 1 aromatic heterocycles. The van der Waals surface area contributed by atoms with Gasteiger partial charge >= 0.3 is 0 Å². The van der Waals surface area contributed by atoms with Crippen LogP contribution in [0.4, 0.5) is 0 Å². The maximum Gasteiger partial charge on any atom is 0.106 e. The van der Waals surface area contributed by atoms with Gasteiger partial charge < -0.3 is 5.32 Å². The Kier molecular flexibility index (Phi) is 4.27. The third-order valence-corrected chi connectivity index (χ3v) is 6.42. The summed E-state index contributed by atoms with van der Waals surface area (Å²) in [6, 6.07) is 0. The van der Waals surface area contributed by atoms with Crippen LogP contribution in [0, 0.1) is 0 Å². The van der Waals surface area contributed by atoms with Crippen molar-refractivity contribution in [2.45, 2.75) is 56.7 Å². The van der Waals surface area contributed by atoms with Crippen LogP contribution >= 0.6 is 23.1 Å². The molecule has 1 N–H and O–H groups in total. The van der Waals surface area contributed by atoms with Crippen molar-refractivity contribution in [1.29, 1.82) is 0 Å². The molecule has 0 radical (unpaired) electrons. The lowest BCUT2D eigenvalue weighted by atomic mass is 10.2. The van der Waals surface area contributed by atoms with Gasteiger partial charge in [0.05, 0.1) is 10.9 Å². The summed E-state index contributed by atoms with van der Waals surface area (Å²) >= 11 is 4.10. The van der Waals surface area contributed by atoms with E-state index in [1.807, 2.05) is 11.3 Å². The molecular weight excluding hydrogens is 260 g/mol. The van der Waals surface area contributed by atoms with Crippen LogP contribution in [-0.4, -0.2) is 17.3 Å². The number of hydrogen-bond acceptors (Lipinski definition) is 4. The summed E-state index contributed by atoms with van der Waals surface area (Å²) in [6.07, 6.45) is 6.84. The zero-order valence-electron chi connectivity index (χ0n) is 11.1. The smallest absolute Gasteiger partial charge is 0.106 e. The first kappa shape index (κ1) is 12.9. The highest BCUT2D eigenvalue weighted by molar-refractivity contribution is 7.99. The molecule has 2 fully saturated rings. The predicted molar refractivity (Wildman–Crippen MR) is 80.5 cm³/mol. The number of rotatable bonds is 5. The van der Waals surface area contributed by atoms with E-state index in [0.717, 1.165) is 19.0 Å². The molecule has 1 saturated heterocycles. The van der Waals surface area contributed by atoms with E-state index < -0.39 is 0 Å². The quantitative estimate of drug-likeness (QED) is 0.880. The molecule has 1 unspecified atom stereocenters. The molecule has 4 heteroatoms. The molecule has 3 rings (SSSR count). The first-order chi connectivity index (χ1) is 8.88. The van der Waals surface area contributed by atoms with Gasteiger partial charge in [-0.1, -0.05) is 13.3 Å².